The number of hydrogen-bond donors (Lipinski definition) is 0. The molecule has 6 heteroatoms. The van der Waals surface area contributed by atoms with E-state index in [-0.39, 0.29) is 10.6 Å². The molecule has 2 aromatic rings. The van der Waals surface area contributed by atoms with E-state index in [0.29, 0.717) is 9.37 Å². The van der Waals surface area contributed by atoms with Crippen LogP contribution in [0.1, 0.15) is 0 Å². The minimum atomic E-state index is -0.381. The summed E-state index contributed by atoms with van der Waals surface area (Å²) >= 11 is 4.58. The van der Waals surface area contributed by atoms with Crippen molar-refractivity contribution in [2.24, 2.45) is 0 Å². The zero-order chi connectivity index (χ0) is 12.3. The minimum absolute atomic E-state index is 0.0983. The molecule has 1 aromatic carbocycles. The van der Waals surface area contributed by atoms with E-state index in [1.807, 2.05) is 12.1 Å². The minimum Gasteiger partial charge on any atom is -0.265 e. The Morgan fingerprint density at radius 3 is 2.59 bits per heavy atom. The fourth-order valence-electron chi connectivity index (χ4n) is 1.25. The van der Waals surface area contributed by atoms with E-state index in [1.165, 1.54) is 17.8 Å². The number of hydrogen-bond acceptors (Lipinski definition) is 4. The van der Waals surface area contributed by atoms with Crippen LogP contribution in [0.4, 0.5) is 5.69 Å². The molecule has 0 aliphatic rings. The molecular formula is C11H7BrN2O2S. The second-order valence-electron chi connectivity index (χ2n) is 3.15. The molecule has 0 atom stereocenters. The van der Waals surface area contributed by atoms with E-state index in [4.69, 9.17) is 0 Å². The molecule has 0 aliphatic heterocycles. The molecule has 0 bridgehead atoms. The molecule has 86 valence electrons. The number of nitro benzene ring substituents is 1. The molecule has 17 heavy (non-hydrogen) atoms. The Labute approximate surface area is 110 Å². The van der Waals surface area contributed by atoms with Gasteiger partial charge in [-0.1, -0.05) is 27.7 Å². The molecule has 0 amide bonds. The summed E-state index contributed by atoms with van der Waals surface area (Å²) in [5, 5.41) is 10.9. The number of halogens is 1. The first-order valence-electron chi connectivity index (χ1n) is 4.68. The standard InChI is InChI=1S/C11H7BrN2O2S/c12-8-1-2-11(10(7-8)14(15)16)17-9-3-5-13-6-4-9/h1-7H. The van der Waals surface area contributed by atoms with Gasteiger partial charge in [0.1, 0.15) is 0 Å². The van der Waals surface area contributed by atoms with E-state index >= 15 is 0 Å². The van der Waals surface area contributed by atoms with Crippen LogP contribution in [0.5, 0.6) is 0 Å². The molecule has 0 spiro atoms. The van der Waals surface area contributed by atoms with Crippen molar-refractivity contribution in [1.82, 2.24) is 4.98 Å². The maximum absolute atomic E-state index is 10.9. The van der Waals surface area contributed by atoms with Gasteiger partial charge in [-0.2, -0.15) is 0 Å². The van der Waals surface area contributed by atoms with Gasteiger partial charge in [0.15, 0.2) is 0 Å². The summed E-state index contributed by atoms with van der Waals surface area (Å²) in [6.07, 6.45) is 3.32. The third-order valence-electron chi connectivity index (χ3n) is 2.00. The van der Waals surface area contributed by atoms with Crippen molar-refractivity contribution >= 4 is 33.4 Å². The fourth-order valence-corrected chi connectivity index (χ4v) is 2.49. The highest BCUT2D eigenvalue weighted by Crippen LogP contribution is 2.35. The van der Waals surface area contributed by atoms with Crippen molar-refractivity contribution in [2.45, 2.75) is 9.79 Å². The van der Waals surface area contributed by atoms with Gasteiger partial charge < -0.3 is 0 Å². The summed E-state index contributed by atoms with van der Waals surface area (Å²) in [6, 6.07) is 8.65. The Bertz CT molecular complexity index is 548. The largest absolute Gasteiger partial charge is 0.284 e. The van der Waals surface area contributed by atoms with Crippen LogP contribution in [0.3, 0.4) is 0 Å². The summed E-state index contributed by atoms with van der Waals surface area (Å²) in [5.74, 6) is 0. The monoisotopic (exact) mass is 310 g/mol. The van der Waals surface area contributed by atoms with E-state index in [0.717, 1.165) is 4.90 Å². The van der Waals surface area contributed by atoms with Gasteiger partial charge in [-0.15, -0.1) is 0 Å². The maximum atomic E-state index is 10.9. The molecule has 1 aromatic heterocycles. The highest BCUT2D eigenvalue weighted by atomic mass is 79.9. The lowest BCUT2D eigenvalue weighted by molar-refractivity contribution is -0.387. The Balaban J connectivity index is 2.36. The molecule has 4 nitrogen and oxygen atoms in total. The quantitative estimate of drug-likeness (QED) is 0.637. The highest BCUT2D eigenvalue weighted by Gasteiger charge is 2.14. The molecular weight excluding hydrogens is 304 g/mol. The second-order valence-corrected chi connectivity index (χ2v) is 5.19. The normalized spacial score (nSPS) is 10.2. The summed E-state index contributed by atoms with van der Waals surface area (Å²) in [7, 11) is 0. The molecule has 0 fully saturated rings. The Kier molecular flexibility index (Phi) is 3.75. The summed E-state index contributed by atoms with van der Waals surface area (Å²) < 4.78 is 0.697. The van der Waals surface area contributed by atoms with Crippen LogP contribution >= 0.6 is 27.7 Å². The number of nitrogens with zero attached hydrogens (tertiary/aromatic N) is 2. The van der Waals surface area contributed by atoms with Gasteiger partial charge >= 0.3 is 0 Å². The van der Waals surface area contributed by atoms with Gasteiger partial charge in [-0.25, -0.2) is 0 Å². The topological polar surface area (TPSA) is 56.0 Å². The van der Waals surface area contributed by atoms with Gasteiger partial charge in [0.25, 0.3) is 5.69 Å². The van der Waals surface area contributed by atoms with Gasteiger partial charge in [0.05, 0.1) is 9.82 Å². The molecule has 0 N–H and O–H groups in total. The van der Waals surface area contributed by atoms with Crippen molar-refractivity contribution in [1.29, 1.82) is 0 Å². The Morgan fingerprint density at radius 1 is 1.24 bits per heavy atom. The lowest BCUT2D eigenvalue weighted by Crippen LogP contribution is -1.90. The van der Waals surface area contributed by atoms with Crippen LogP contribution in [-0.4, -0.2) is 9.91 Å². The Hall–Kier alpha value is -1.40. The molecule has 0 radical (unpaired) electrons. The number of aromatic nitrogens is 1. The van der Waals surface area contributed by atoms with Gasteiger partial charge in [0.2, 0.25) is 0 Å². The third-order valence-corrected chi connectivity index (χ3v) is 3.56. The highest BCUT2D eigenvalue weighted by molar-refractivity contribution is 9.10. The first-order chi connectivity index (χ1) is 8.16. The van der Waals surface area contributed by atoms with Gasteiger partial charge in [-0.3, -0.25) is 15.1 Å². The fraction of sp³-hybridized carbons (Fsp3) is 0. The van der Waals surface area contributed by atoms with Crippen molar-refractivity contribution in [3.05, 3.63) is 57.3 Å². The first kappa shape index (κ1) is 12.1. The Morgan fingerprint density at radius 2 is 1.94 bits per heavy atom. The SMILES string of the molecule is O=[N+]([O-])c1cc(Br)ccc1Sc1ccncc1. The lowest BCUT2D eigenvalue weighted by Gasteiger charge is -2.02. The van der Waals surface area contributed by atoms with Crippen LogP contribution in [0.2, 0.25) is 0 Å². The zero-order valence-corrected chi connectivity index (χ0v) is 10.9. The average molecular weight is 311 g/mol. The number of rotatable bonds is 3. The van der Waals surface area contributed by atoms with Gasteiger partial charge in [0, 0.05) is 27.8 Å². The average Bonchev–Trinajstić information content (AvgIpc) is 2.32. The van der Waals surface area contributed by atoms with Crippen molar-refractivity contribution in [3.63, 3.8) is 0 Å². The summed E-state index contributed by atoms with van der Waals surface area (Å²) in [6.45, 7) is 0. The van der Waals surface area contributed by atoms with Crippen LogP contribution < -0.4 is 0 Å². The number of benzene rings is 1. The lowest BCUT2D eigenvalue weighted by atomic mass is 10.3. The van der Waals surface area contributed by atoms with Crippen LogP contribution in [-0.2, 0) is 0 Å². The van der Waals surface area contributed by atoms with Gasteiger partial charge in [-0.05, 0) is 24.3 Å². The zero-order valence-electron chi connectivity index (χ0n) is 8.54. The molecule has 0 saturated carbocycles. The molecule has 0 aliphatic carbocycles. The van der Waals surface area contributed by atoms with Crippen LogP contribution in [0.25, 0.3) is 0 Å². The summed E-state index contributed by atoms with van der Waals surface area (Å²) in [4.78, 5) is 16.0. The first-order valence-corrected chi connectivity index (χ1v) is 6.29. The van der Waals surface area contributed by atoms with Crippen molar-refractivity contribution in [2.75, 3.05) is 0 Å². The number of nitro groups is 1. The molecule has 0 unspecified atom stereocenters. The molecule has 2 rings (SSSR count). The molecule has 0 saturated heterocycles. The van der Waals surface area contributed by atoms with E-state index in [9.17, 15) is 10.1 Å². The smallest absolute Gasteiger partial charge is 0.265 e. The molecule has 1 heterocycles. The maximum Gasteiger partial charge on any atom is 0.284 e. The number of pyridine rings is 1. The van der Waals surface area contributed by atoms with Crippen molar-refractivity contribution < 1.29 is 4.92 Å². The van der Waals surface area contributed by atoms with E-state index in [1.54, 1.807) is 24.5 Å². The van der Waals surface area contributed by atoms with Crippen molar-refractivity contribution in [3.8, 4) is 0 Å². The summed E-state index contributed by atoms with van der Waals surface area (Å²) in [5.41, 5.74) is 0.0983. The van der Waals surface area contributed by atoms with Crippen LogP contribution in [0.15, 0.2) is 57.0 Å². The van der Waals surface area contributed by atoms with E-state index in [2.05, 4.69) is 20.9 Å². The second kappa shape index (κ2) is 5.29. The van der Waals surface area contributed by atoms with Crippen LogP contribution in [0, 0.1) is 10.1 Å². The predicted octanol–water partition coefficient (Wildman–Crippen LogP) is 3.90. The predicted molar refractivity (Wildman–Crippen MR) is 69.2 cm³/mol. The third kappa shape index (κ3) is 3.04. The van der Waals surface area contributed by atoms with E-state index < -0.39 is 0 Å².